The van der Waals surface area contributed by atoms with Crippen LogP contribution in [-0.2, 0) is 35.0 Å². The van der Waals surface area contributed by atoms with Crippen molar-refractivity contribution in [2.24, 2.45) is 30.1 Å². The highest BCUT2D eigenvalue weighted by molar-refractivity contribution is 7.98. The van der Waals surface area contributed by atoms with Gasteiger partial charge >= 0.3 is 5.97 Å². The molecule has 0 amide bonds. The molecule has 0 saturated carbocycles. The Labute approximate surface area is 333 Å². The zero-order chi connectivity index (χ0) is 40.5. The minimum absolute atomic E-state index is 0.216. The third-order valence-electron chi connectivity index (χ3n) is 9.54. The lowest BCUT2D eigenvalue weighted by Crippen LogP contribution is -2.25. The van der Waals surface area contributed by atoms with Gasteiger partial charge in [-0.25, -0.2) is 4.79 Å². The van der Waals surface area contributed by atoms with Crippen molar-refractivity contribution < 1.29 is 24.4 Å². The molecule has 4 heterocycles. The summed E-state index contributed by atoms with van der Waals surface area (Å²) in [6.07, 6.45) is 6.92. The van der Waals surface area contributed by atoms with Crippen molar-refractivity contribution >= 4 is 46.7 Å². The van der Waals surface area contributed by atoms with Gasteiger partial charge in [0.05, 0.1) is 39.8 Å². The number of rotatable bonds is 12. The third kappa shape index (κ3) is 10.7. The summed E-state index contributed by atoms with van der Waals surface area (Å²) in [5.74, 6) is 1.39. The van der Waals surface area contributed by atoms with Crippen LogP contribution in [0.3, 0.4) is 0 Å². The van der Waals surface area contributed by atoms with Crippen LogP contribution in [0.1, 0.15) is 105 Å². The number of benzene rings is 2. The number of hydrogen-bond acceptors (Lipinski definition) is 11. The zero-order valence-corrected chi connectivity index (χ0v) is 35.4. The van der Waals surface area contributed by atoms with Crippen LogP contribution in [0.25, 0.3) is 0 Å². The van der Waals surface area contributed by atoms with E-state index in [1.807, 2.05) is 101 Å². The summed E-state index contributed by atoms with van der Waals surface area (Å²) in [5.41, 5.74) is 14.3. The number of Topliss-reactive ketones (excluding diaryl/α,β-unsaturated/α-hetero) is 1. The van der Waals surface area contributed by atoms with Gasteiger partial charge in [-0.05, 0) is 119 Å². The van der Waals surface area contributed by atoms with Crippen LogP contribution in [0, 0.1) is 27.7 Å². The van der Waals surface area contributed by atoms with Gasteiger partial charge in [-0.2, -0.15) is 33.7 Å². The van der Waals surface area contributed by atoms with Gasteiger partial charge in [-0.1, -0.05) is 28.5 Å². The molecule has 0 spiro atoms. The maximum Gasteiger partial charge on any atom is 0.335 e. The van der Waals surface area contributed by atoms with E-state index in [-0.39, 0.29) is 5.78 Å². The van der Waals surface area contributed by atoms with Gasteiger partial charge in [-0.15, -0.1) is 0 Å². The maximum atomic E-state index is 12.4. The first kappa shape index (κ1) is 43.3. The topological polar surface area (TPSA) is 159 Å². The minimum Gasteiger partial charge on any atom is -0.478 e. The molecular formula is C41H55N7O5S2. The van der Waals surface area contributed by atoms with Crippen molar-refractivity contribution in [2.75, 3.05) is 30.6 Å². The molecule has 0 fully saturated rings. The molecule has 55 heavy (non-hydrogen) atoms. The van der Waals surface area contributed by atoms with Crippen LogP contribution in [0.4, 0.5) is 0 Å². The molecule has 0 bridgehead atoms. The predicted molar refractivity (Wildman–Crippen MR) is 224 cm³/mol. The quantitative estimate of drug-likeness (QED) is 0.109. The molecular weight excluding hydrogens is 735 g/mol. The Morgan fingerprint density at radius 1 is 0.764 bits per heavy atom. The molecule has 296 valence electrons. The number of carbonyl (C=O) groups is 2. The van der Waals surface area contributed by atoms with Crippen LogP contribution in [0.2, 0.25) is 0 Å². The van der Waals surface area contributed by atoms with Gasteiger partial charge in [0, 0.05) is 51.2 Å². The smallest absolute Gasteiger partial charge is 0.335 e. The predicted octanol–water partition coefficient (Wildman–Crippen LogP) is 7.49. The lowest BCUT2D eigenvalue weighted by molar-refractivity contribution is -0.0137. The van der Waals surface area contributed by atoms with Crippen molar-refractivity contribution in [1.82, 2.24) is 19.6 Å². The molecule has 6 rings (SSSR count). The van der Waals surface area contributed by atoms with Crippen molar-refractivity contribution in [3.63, 3.8) is 0 Å². The van der Waals surface area contributed by atoms with Crippen molar-refractivity contribution in [2.45, 2.75) is 78.4 Å². The summed E-state index contributed by atoms with van der Waals surface area (Å²) in [6, 6.07) is 15.2. The number of oxime groups is 2. The lowest BCUT2D eigenvalue weighted by Gasteiger charge is -2.21. The minimum atomic E-state index is -0.922. The van der Waals surface area contributed by atoms with Crippen LogP contribution >= 0.6 is 23.5 Å². The van der Waals surface area contributed by atoms with E-state index < -0.39 is 17.2 Å². The highest BCUT2D eigenvalue weighted by Gasteiger charge is 2.40. The van der Waals surface area contributed by atoms with E-state index in [2.05, 4.69) is 26.8 Å². The first-order valence-corrected chi connectivity index (χ1v) is 21.0. The first-order valence-electron chi connectivity index (χ1n) is 18.2. The molecule has 0 aliphatic carbocycles. The number of aromatic nitrogens is 4. The largest absolute Gasteiger partial charge is 0.478 e. The van der Waals surface area contributed by atoms with Gasteiger partial charge in [0.2, 0.25) is 0 Å². The Bertz CT molecular complexity index is 2050. The lowest BCUT2D eigenvalue weighted by atomic mass is 9.91. The summed E-state index contributed by atoms with van der Waals surface area (Å²) in [7, 11) is 3.82. The van der Waals surface area contributed by atoms with Crippen LogP contribution in [0.5, 0.6) is 0 Å². The highest BCUT2D eigenvalue weighted by Crippen LogP contribution is 2.37. The van der Waals surface area contributed by atoms with E-state index in [9.17, 15) is 9.59 Å². The number of thioether (sulfide) groups is 2. The van der Waals surface area contributed by atoms with Crippen LogP contribution < -0.4 is 5.73 Å². The summed E-state index contributed by atoms with van der Waals surface area (Å²) in [4.78, 5) is 35.1. The number of aryl methyl sites for hydroxylation is 6. The van der Waals surface area contributed by atoms with Gasteiger partial charge in [0.25, 0.3) is 0 Å². The molecule has 2 aromatic carbocycles. The van der Waals surface area contributed by atoms with E-state index >= 15 is 0 Å². The van der Waals surface area contributed by atoms with E-state index in [0.29, 0.717) is 30.4 Å². The summed E-state index contributed by atoms with van der Waals surface area (Å²) in [6.45, 7) is 12.5. The number of hydrogen-bond donors (Lipinski definition) is 2. The van der Waals surface area contributed by atoms with Crippen molar-refractivity contribution in [3.05, 3.63) is 105 Å². The average Bonchev–Trinajstić information content (AvgIpc) is 3.91. The second-order valence-corrected chi connectivity index (χ2v) is 16.3. The maximum absolute atomic E-state index is 12.4. The SMILES string of the molecule is CSCCCC(=O)c1ccc(C2=NOC(C)(c3cc(C)nn3C)C2)cc1C.CSCCN.Cc1cc(C2(C)CC(c3ccc(C(=O)O)c(C)c3)=NO2)n(C)n1. The Morgan fingerprint density at radius 3 is 1.56 bits per heavy atom. The Balaban J connectivity index is 0.000000220. The first-order chi connectivity index (χ1) is 26.0. The zero-order valence-electron chi connectivity index (χ0n) is 33.7. The Hall–Kier alpha value is -4.40. The number of carboxylic acid groups (broad SMARTS) is 1. The van der Waals surface area contributed by atoms with Crippen LogP contribution in [-0.4, -0.2) is 78.4 Å². The molecule has 0 saturated heterocycles. The standard InChI is InChI=1S/C21H27N3O2S.C17H19N3O3.C3H9NS/c1-14-11-16(8-9-17(14)19(25)7-6-10-27-5)18-13-21(3,26-23-18)20-12-15(2)22-24(20)4;1-10-7-12(5-6-13(10)16(21)22)14-9-17(3,23-19-14)15-8-11(2)18-20(15)4;1-5-3-2-4/h8-9,11-12H,6-7,10,13H2,1-5H3;5-8H,9H2,1-4H3,(H,21,22);2-4H2,1H3. The van der Waals surface area contributed by atoms with Crippen molar-refractivity contribution in [1.29, 1.82) is 0 Å². The number of carbonyl (C=O) groups excluding carboxylic acids is 1. The number of carboxylic acids is 1. The molecule has 2 aliphatic rings. The van der Waals surface area contributed by atoms with Gasteiger partial charge in [-0.3, -0.25) is 14.2 Å². The molecule has 2 atom stereocenters. The monoisotopic (exact) mass is 789 g/mol. The molecule has 14 heteroatoms. The van der Waals surface area contributed by atoms with Gasteiger partial charge in [0.1, 0.15) is 0 Å². The molecule has 4 aromatic rings. The van der Waals surface area contributed by atoms with E-state index in [4.69, 9.17) is 20.5 Å². The number of aromatic carboxylic acids is 1. The van der Waals surface area contributed by atoms with E-state index in [1.54, 1.807) is 42.6 Å². The Morgan fingerprint density at radius 2 is 1.22 bits per heavy atom. The molecule has 2 aliphatic heterocycles. The fourth-order valence-corrected chi connectivity index (χ4v) is 7.41. The van der Waals surface area contributed by atoms with Crippen molar-refractivity contribution in [3.8, 4) is 0 Å². The molecule has 12 nitrogen and oxygen atoms in total. The molecule has 0 radical (unpaired) electrons. The van der Waals surface area contributed by atoms with Gasteiger partial charge in [0.15, 0.2) is 17.0 Å². The third-order valence-corrected chi connectivity index (χ3v) is 10.9. The molecule has 2 aromatic heterocycles. The number of ketones is 1. The normalized spacial score (nSPS) is 18.6. The summed E-state index contributed by atoms with van der Waals surface area (Å²) in [5, 5.41) is 26.5. The average molecular weight is 790 g/mol. The van der Waals surface area contributed by atoms with E-state index in [0.717, 1.165) is 80.9 Å². The highest BCUT2D eigenvalue weighted by atomic mass is 32.2. The van der Waals surface area contributed by atoms with Crippen LogP contribution in [0.15, 0.2) is 58.8 Å². The summed E-state index contributed by atoms with van der Waals surface area (Å²) >= 11 is 3.55. The second-order valence-electron chi connectivity index (χ2n) is 14.3. The second kappa shape index (κ2) is 19.0. The molecule has 3 N–H and O–H groups in total. The van der Waals surface area contributed by atoms with Gasteiger partial charge < -0.3 is 20.5 Å². The Kier molecular flexibility index (Phi) is 14.9. The fraction of sp³-hybridized carbons (Fsp3) is 0.463. The number of nitrogens with two attached hydrogens (primary N) is 1. The number of nitrogens with zero attached hydrogens (tertiary/aromatic N) is 6. The fourth-order valence-electron chi connectivity index (χ4n) is 6.74. The molecule has 2 unspecified atom stereocenters. The summed E-state index contributed by atoms with van der Waals surface area (Å²) < 4.78 is 3.67. The van der Waals surface area contributed by atoms with E-state index in [1.165, 1.54) is 0 Å².